The molecule has 0 aromatic carbocycles. The Balaban J connectivity index is 2.18. The van der Waals surface area contributed by atoms with Crippen LogP contribution in [0.25, 0.3) is 0 Å². The molecule has 1 unspecified atom stereocenters. The van der Waals surface area contributed by atoms with Crippen molar-refractivity contribution in [2.45, 2.75) is 46.6 Å². The molecule has 2 heterocycles. The second kappa shape index (κ2) is 5.59. The van der Waals surface area contributed by atoms with Crippen LogP contribution in [0.1, 0.15) is 58.4 Å². The average molecular weight is 267 g/mol. The van der Waals surface area contributed by atoms with E-state index in [-0.39, 0.29) is 11.5 Å². The van der Waals surface area contributed by atoms with Crippen molar-refractivity contribution >= 4 is 0 Å². The Kier molecular flexibility index (Phi) is 4.26. The predicted octanol–water partition coefficient (Wildman–Crippen LogP) is 2.52. The minimum Gasteiger partial charge on any atom is -0.370 e. The van der Waals surface area contributed by atoms with Crippen LogP contribution in [-0.2, 0) is 4.74 Å². The Labute approximate surface area is 115 Å². The van der Waals surface area contributed by atoms with E-state index in [9.17, 15) is 0 Å². The largest absolute Gasteiger partial charge is 0.370 e. The molecular formula is C14H25N3O2. The molecule has 1 fully saturated rings. The molecule has 1 aliphatic rings. The second-order valence-electron chi connectivity index (χ2n) is 6.43. The van der Waals surface area contributed by atoms with Crippen LogP contribution in [0.3, 0.4) is 0 Å². The molecular weight excluding hydrogens is 242 g/mol. The highest BCUT2D eigenvalue weighted by molar-refractivity contribution is 5.03. The molecule has 0 bridgehead atoms. The topological polar surface area (TPSA) is 60.2 Å². The van der Waals surface area contributed by atoms with Gasteiger partial charge in [0.05, 0.1) is 5.92 Å². The van der Waals surface area contributed by atoms with Crippen molar-refractivity contribution in [1.82, 2.24) is 15.5 Å². The number of hydrogen-bond acceptors (Lipinski definition) is 5. The van der Waals surface area contributed by atoms with Gasteiger partial charge in [-0.25, -0.2) is 0 Å². The van der Waals surface area contributed by atoms with Crippen LogP contribution in [0, 0.1) is 11.3 Å². The van der Waals surface area contributed by atoms with Gasteiger partial charge in [-0.3, -0.25) is 0 Å². The van der Waals surface area contributed by atoms with E-state index < -0.39 is 0 Å². The van der Waals surface area contributed by atoms with Crippen molar-refractivity contribution in [2.75, 3.05) is 19.7 Å². The van der Waals surface area contributed by atoms with Gasteiger partial charge in [0.1, 0.15) is 6.10 Å². The summed E-state index contributed by atoms with van der Waals surface area (Å²) in [4.78, 5) is 4.59. The number of hydrogen-bond donors (Lipinski definition) is 1. The van der Waals surface area contributed by atoms with E-state index in [0.717, 1.165) is 19.0 Å². The van der Waals surface area contributed by atoms with Crippen molar-refractivity contribution in [2.24, 2.45) is 11.3 Å². The van der Waals surface area contributed by atoms with Crippen molar-refractivity contribution in [1.29, 1.82) is 0 Å². The van der Waals surface area contributed by atoms with Gasteiger partial charge in [-0.1, -0.05) is 32.9 Å². The first-order valence-electron chi connectivity index (χ1n) is 7.09. The highest BCUT2D eigenvalue weighted by atomic mass is 16.5. The lowest BCUT2D eigenvalue weighted by atomic mass is 9.88. The first-order valence-corrected chi connectivity index (χ1v) is 7.09. The fourth-order valence-electron chi connectivity index (χ4n) is 2.52. The highest BCUT2D eigenvalue weighted by Crippen LogP contribution is 2.35. The van der Waals surface area contributed by atoms with Gasteiger partial charge in [0.2, 0.25) is 11.7 Å². The number of nitrogens with one attached hydrogen (secondary N) is 1. The zero-order chi connectivity index (χ0) is 14.0. The molecule has 19 heavy (non-hydrogen) atoms. The van der Waals surface area contributed by atoms with Crippen molar-refractivity contribution in [3.63, 3.8) is 0 Å². The minimum absolute atomic E-state index is 0.0449. The Morgan fingerprint density at radius 1 is 1.42 bits per heavy atom. The van der Waals surface area contributed by atoms with Gasteiger partial charge in [0, 0.05) is 13.2 Å². The summed E-state index contributed by atoms with van der Waals surface area (Å²) in [6.45, 7) is 13.2. The summed E-state index contributed by atoms with van der Waals surface area (Å²) < 4.78 is 11.3. The van der Waals surface area contributed by atoms with Crippen molar-refractivity contribution in [3.8, 4) is 0 Å². The standard InChI is InChI=1S/C14H25N3O2/c1-6-18-11(14(3,4)5)12-16-13(19-17-12)10-8-15-7-9(10)2/h9-11,15H,6-8H2,1-5H3/t9-,10-,11?/m1/s1. The summed E-state index contributed by atoms with van der Waals surface area (Å²) in [6, 6.07) is 0. The number of rotatable bonds is 4. The lowest BCUT2D eigenvalue weighted by molar-refractivity contribution is -0.0203. The van der Waals surface area contributed by atoms with Crippen LogP contribution in [-0.4, -0.2) is 29.8 Å². The molecule has 1 aromatic heterocycles. The van der Waals surface area contributed by atoms with E-state index >= 15 is 0 Å². The lowest BCUT2D eigenvalue weighted by Gasteiger charge is -2.27. The maximum absolute atomic E-state index is 5.79. The van der Waals surface area contributed by atoms with Gasteiger partial charge in [0.15, 0.2) is 0 Å². The molecule has 1 N–H and O–H groups in total. The second-order valence-corrected chi connectivity index (χ2v) is 6.43. The molecule has 2 rings (SSSR count). The van der Waals surface area contributed by atoms with Gasteiger partial charge in [0.25, 0.3) is 0 Å². The Bertz CT molecular complexity index is 411. The van der Waals surface area contributed by atoms with Crippen LogP contribution in [0.2, 0.25) is 0 Å². The van der Waals surface area contributed by atoms with Gasteiger partial charge in [-0.15, -0.1) is 0 Å². The minimum atomic E-state index is -0.125. The monoisotopic (exact) mass is 267 g/mol. The third-order valence-corrected chi connectivity index (χ3v) is 3.65. The third kappa shape index (κ3) is 3.15. The van der Waals surface area contributed by atoms with E-state index in [4.69, 9.17) is 9.26 Å². The van der Waals surface area contributed by atoms with Gasteiger partial charge >= 0.3 is 0 Å². The molecule has 0 radical (unpaired) electrons. The molecule has 108 valence electrons. The van der Waals surface area contributed by atoms with E-state index in [0.29, 0.717) is 24.3 Å². The molecule has 3 atom stereocenters. The number of nitrogens with zero attached hydrogens (tertiary/aromatic N) is 2. The summed E-state index contributed by atoms with van der Waals surface area (Å²) in [5.41, 5.74) is -0.0449. The van der Waals surface area contributed by atoms with Gasteiger partial charge in [-0.2, -0.15) is 4.98 Å². The Hall–Kier alpha value is -0.940. The van der Waals surface area contributed by atoms with Crippen LogP contribution in [0.15, 0.2) is 4.52 Å². The number of ether oxygens (including phenoxy) is 1. The van der Waals surface area contributed by atoms with Crippen LogP contribution in [0.5, 0.6) is 0 Å². The van der Waals surface area contributed by atoms with Gasteiger partial charge in [-0.05, 0) is 24.8 Å². The smallest absolute Gasteiger partial charge is 0.231 e. The molecule has 0 amide bonds. The highest BCUT2D eigenvalue weighted by Gasteiger charge is 2.34. The summed E-state index contributed by atoms with van der Waals surface area (Å²) >= 11 is 0. The summed E-state index contributed by atoms with van der Waals surface area (Å²) in [7, 11) is 0. The maximum Gasteiger partial charge on any atom is 0.231 e. The van der Waals surface area contributed by atoms with Crippen LogP contribution < -0.4 is 5.32 Å². The quantitative estimate of drug-likeness (QED) is 0.908. The Morgan fingerprint density at radius 3 is 2.68 bits per heavy atom. The zero-order valence-electron chi connectivity index (χ0n) is 12.6. The van der Waals surface area contributed by atoms with E-state index in [2.05, 4.69) is 43.2 Å². The molecule has 5 nitrogen and oxygen atoms in total. The first kappa shape index (κ1) is 14.5. The summed E-state index contributed by atoms with van der Waals surface area (Å²) in [5, 5.41) is 7.50. The van der Waals surface area contributed by atoms with E-state index in [1.54, 1.807) is 0 Å². The predicted molar refractivity (Wildman–Crippen MR) is 72.9 cm³/mol. The molecule has 1 aliphatic heterocycles. The maximum atomic E-state index is 5.79. The molecule has 5 heteroatoms. The fourth-order valence-corrected chi connectivity index (χ4v) is 2.52. The molecule has 0 spiro atoms. The molecule has 1 aromatic rings. The van der Waals surface area contributed by atoms with Crippen molar-refractivity contribution < 1.29 is 9.26 Å². The SMILES string of the molecule is CCOC(c1noc([C@@H]2CNC[C@H]2C)n1)C(C)(C)C. The zero-order valence-corrected chi connectivity index (χ0v) is 12.6. The third-order valence-electron chi connectivity index (χ3n) is 3.65. The molecule has 1 saturated heterocycles. The van der Waals surface area contributed by atoms with Crippen molar-refractivity contribution in [3.05, 3.63) is 11.7 Å². The van der Waals surface area contributed by atoms with E-state index in [1.807, 2.05) is 6.92 Å². The normalized spacial score (nSPS) is 25.7. The lowest BCUT2D eigenvalue weighted by Crippen LogP contribution is -2.22. The average Bonchev–Trinajstić information content (AvgIpc) is 2.92. The summed E-state index contributed by atoms with van der Waals surface area (Å²) in [5.74, 6) is 2.27. The van der Waals surface area contributed by atoms with E-state index in [1.165, 1.54) is 0 Å². The fraction of sp³-hybridized carbons (Fsp3) is 0.857. The molecule has 0 aliphatic carbocycles. The number of aromatic nitrogens is 2. The van der Waals surface area contributed by atoms with Crippen LogP contribution >= 0.6 is 0 Å². The van der Waals surface area contributed by atoms with Crippen LogP contribution in [0.4, 0.5) is 0 Å². The summed E-state index contributed by atoms with van der Waals surface area (Å²) in [6.07, 6.45) is -0.125. The molecule has 0 saturated carbocycles. The van der Waals surface area contributed by atoms with Gasteiger partial charge < -0.3 is 14.6 Å². The first-order chi connectivity index (χ1) is 8.93. The Morgan fingerprint density at radius 2 is 2.16 bits per heavy atom.